The second kappa shape index (κ2) is 5.90. The summed E-state index contributed by atoms with van der Waals surface area (Å²) in [7, 11) is 0. The van der Waals surface area contributed by atoms with Gasteiger partial charge in [-0.1, -0.05) is 0 Å². The molecule has 0 fully saturated rings. The number of aromatic carboxylic acids is 1. The smallest absolute Gasteiger partial charge is 0.387 e. The Morgan fingerprint density at radius 1 is 1.29 bits per heavy atom. The van der Waals surface area contributed by atoms with Gasteiger partial charge in [0, 0.05) is 17.8 Å². The van der Waals surface area contributed by atoms with Gasteiger partial charge in [-0.15, -0.1) is 0 Å². The lowest BCUT2D eigenvalue weighted by Crippen LogP contribution is -2.02. The van der Waals surface area contributed by atoms with Gasteiger partial charge in [-0.25, -0.2) is 4.79 Å². The summed E-state index contributed by atoms with van der Waals surface area (Å²) in [6.07, 6.45) is 1.45. The van der Waals surface area contributed by atoms with Crippen LogP contribution in [0.15, 0.2) is 30.5 Å². The van der Waals surface area contributed by atoms with Gasteiger partial charge in [0.05, 0.1) is 0 Å². The highest BCUT2D eigenvalue weighted by molar-refractivity contribution is 5.94. The molecule has 0 spiro atoms. The molecule has 1 heterocycles. The summed E-state index contributed by atoms with van der Waals surface area (Å²) in [5.74, 6) is -1.08. The molecule has 5 nitrogen and oxygen atoms in total. The zero-order valence-corrected chi connectivity index (χ0v) is 11.5. The standard InChI is InChI=1S/C14H14F2N2O3/c1-8(2)18-7-11(13(19)20)12(17-18)9-3-5-10(6-4-9)21-14(15)16/h3-8,14H,1-2H3,(H,19,20). The molecule has 0 aliphatic heterocycles. The van der Waals surface area contributed by atoms with E-state index in [1.165, 1.54) is 30.5 Å². The van der Waals surface area contributed by atoms with E-state index in [4.69, 9.17) is 0 Å². The Bertz CT molecular complexity index is 636. The zero-order valence-electron chi connectivity index (χ0n) is 11.5. The van der Waals surface area contributed by atoms with Crippen molar-refractivity contribution in [2.75, 3.05) is 0 Å². The number of carbonyl (C=O) groups is 1. The molecule has 0 saturated carbocycles. The van der Waals surface area contributed by atoms with Crippen molar-refractivity contribution in [3.8, 4) is 17.0 Å². The van der Waals surface area contributed by atoms with E-state index in [9.17, 15) is 18.7 Å². The van der Waals surface area contributed by atoms with Gasteiger partial charge in [0.2, 0.25) is 0 Å². The van der Waals surface area contributed by atoms with E-state index in [-0.39, 0.29) is 17.4 Å². The summed E-state index contributed by atoms with van der Waals surface area (Å²) in [5, 5.41) is 13.5. The predicted octanol–water partition coefficient (Wildman–Crippen LogP) is 3.43. The highest BCUT2D eigenvalue weighted by Crippen LogP contribution is 2.26. The van der Waals surface area contributed by atoms with Crippen LogP contribution in [0.3, 0.4) is 0 Å². The monoisotopic (exact) mass is 296 g/mol. The minimum atomic E-state index is -2.90. The number of carboxylic acids is 1. The fraction of sp³-hybridized carbons (Fsp3) is 0.286. The molecule has 0 saturated heterocycles. The van der Waals surface area contributed by atoms with Gasteiger partial charge in [-0.3, -0.25) is 4.68 Å². The quantitative estimate of drug-likeness (QED) is 0.918. The first kappa shape index (κ1) is 15.0. The lowest BCUT2D eigenvalue weighted by molar-refractivity contribution is -0.0498. The summed E-state index contributed by atoms with van der Waals surface area (Å²) in [6.45, 7) is 0.856. The zero-order chi connectivity index (χ0) is 15.6. The first-order valence-electron chi connectivity index (χ1n) is 6.26. The van der Waals surface area contributed by atoms with E-state index in [1.54, 1.807) is 4.68 Å². The molecule has 1 aromatic heterocycles. The van der Waals surface area contributed by atoms with Crippen LogP contribution in [0.25, 0.3) is 11.3 Å². The lowest BCUT2D eigenvalue weighted by Gasteiger charge is -2.05. The average Bonchev–Trinajstić information content (AvgIpc) is 2.84. The summed E-state index contributed by atoms with van der Waals surface area (Å²) >= 11 is 0. The number of hydrogen-bond acceptors (Lipinski definition) is 3. The molecular weight excluding hydrogens is 282 g/mol. The van der Waals surface area contributed by atoms with Gasteiger partial charge in [0.25, 0.3) is 0 Å². The summed E-state index contributed by atoms with van der Waals surface area (Å²) in [5.41, 5.74) is 0.874. The lowest BCUT2D eigenvalue weighted by atomic mass is 10.1. The van der Waals surface area contributed by atoms with Crippen molar-refractivity contribution in [1.82, 2.24) is 9.78 Å². The van der Waals surface area contributed by atoms with Gasteiger partial charge >= 0.3 is 12.6 Å². The first-order valence-corrected chi connectivity index (χ1v) is 6.26. The average molecular weight is 296 g/mol. The van der Waals surface area contributed by atoms with E-state index < -0.39 is 12.6 Å². The molecule has 112 valence electrons. The summed E-state index contributed by atoms with van der Waals surface area (Å²) in [4.78, 5) is 11.3. The van der Waals surface area contributed by atoms with Gasteiger partial charge in [-0.2, -0.15) is 13.9 Å². The molecule has 0 bridgehead atoms. The molecule has 21 heavy (non-hydrogen) atoms. The molecule has 0 unspecified atom stereocenters. The highest BCUT2D eigenvalue weighted by atomic mass is 19.3. The third kappa shape index (κ3) is 3.36. The van der Waals surface area contributed by atoms with Gasteiger partial charge < -0.3 is 9.84 Å². The maximum atomic E-state index is 12.1. The molecule has 0 atom stereocenters. The van der Waals surface area contributed by atoms with Crippen LogP contribution in [-0.2, 0) is 0 Å². The number of ether oxygens (including phenoxy) is 1. The molecule has 2 aromatic rings. The first-order chi connectivity index (χ1) is 9.88. The topological polar surface area (TPSA) is 64.4 Å². The third-order valence-corrected chi connectivity index (χ3v) is 2.84. The van der Waals surface area contributed by atoms with Crippen molar-refractivity contribution in [1.29, 1.82) is 0 Å². The molecule has 1 aromatic carbocycles. The van der Waals surface area contributed by atoms with Crippen LogP contribution >= 0.6 is 0 Å². The summed E-state index contributed by atoms with van der Waals surface area (Å²) in [6, 6.07) is 5.70. The van der Waals surface area contributed by atoms with Crippen molar-refractivity contribution < 1.29 is 23.4 Å². The number of alkyl halides is 2. The van der Waals surface area contributed by atoms with Crippen LogP contribution < -0.4 is 4.74 Å². The van der Waals surface area contributed by atoms with Crippen LogP contribution in [0.4, 0.5) is 8.78 Å². The van der Waals surface area contributed by atoms with Gasteiger partial charge in [0.15, 0.2) is 0 Å². The van der Waals surface area contributed by atoms with E-state index in [2.05, 4.69) is 9.84 Å². The normalized spacial score (nSPS) is 11.1. The number of aromatic nitrogens is 2. The van der Waals surface area contributed by atoms with Gasteiger partial charge in [-0.05, 0) is 38.1 Å². The highest BCUT2D eigenvalue weighted by Gasteiger charge is 2.18. The van der Waals surface area contributed by atoms with Crippen molar-refractivity contribution in [3.63, 3.8) is 0 Å². The van der Waals surface area contributed by atoms with Crippen molar-refractivity contribution in [2.45, 2.75) is 26.5 Å². The molecule has 0 aliphatic carbocycles. The molecule has 0 amide bonds. The van der Waals surface area contributed by atoms with Crippen LogP contribution in [0.1, 0.15) is 30.2 Å². The Morgan fingerprint density at radius 3 is 2.38 bits per heavy atom. The number of rotatable bonds is 5. The predicted molar refractivity (Wildman–Crippen MR) is 71.6 cm³/mol. The maximum Gasteiger partial charge on any atom is 0.387 e. The Morgan fingerprint density at radius 2 is 1.90 bits per heavy atom. The molecule has 1 N–H and O–H groups in total. The fourth-order valence-corrected chi connectivity index (χ4v) is 1.82. The largest absolute Gasteiger partial charge is 0.478 e. The SMILES string of the molecule is CC(C)n1cc(C(=O)O)c(-c2ccc(OC(F)F)cc2)n1. The van der Waals surface area contributed by atoms with Crippen LogP contribution in [-0.4, -0.2) is 27.5 Å². The second-order valence-corrected chi connectivity index (χ2v) is 4.67. The summed E-state index contributed by atoms with van der Waals surface area (Å²) < 4.78 is 30.0. The Hall–Kier alpha value is -2.44. The third-order valence-electron chi connectivity index (χ3n) is 2.84. The number of halogens is 2. The maximum absolute atomic E-state index is 12.1. The van der Waals surface area contributed by atoms with Crippen LogP contribution in [0, 0.1) is 0 Å². The molecule has 7 heteroatoms. The number of nitrogens with zero attached hydrogens (tertiary/aromatic N) is 2. The minimum Gasteiger partial charge on any atom is -0.478 e. The van der Waals surface area contributed by atoms with Crippen molar-refractivity contribution in [3.05, 3.63) is 36.0 Å². The van der Waals surface area contributed by atoms with Crippen LogP contribution in [0.5, 0.6) is 5.75 Å². The Labute approximate surface area is 119 Å². The Balaban J connectivity index is 2.38. The fourth-order valence-electron chi connectivity index (χ4n) is 1.82. The number of hydrogen-bond donors (Lipinski definition) is 1. The van der Waals surface area contributed by atoms with E-state index in [0.717, 1.165) is 0 Å². The minimum absolute atomic E-state index is 0.00826. The van der Waals surface area contributed by atoms with Gasteiger partial charge in [0.1, 0.15) is 17.0 Å². The molecule has 0 radical (unpaired) electrons. The molecule has 0 aliphatic rings. The van der Waals surface area contributed by atoms with E-state index in [1.807, 2.05) is 13.8 Å². The van der Waals surface area contributed by atoms with Crippen molar-refractivity contribution in [2.24, 2.45) is 0 Å². The second-order valence-electron chi connectivity index (χ2n) is 4.67. The number of benzene rings is 1. The van der Waals surface area contributed by atoms with E-state index >= 15 is 0 Å². The van der Waals surface area contributed by atoms with Crippen molar-refractivity contribution >= 4 is 5.97 Å². The Kier molecular flexibility index (Phi) is 4.21. The molecule has 2 rings (SSSR count). The number of carboxylic acid groups (broad SMARTS) is 1. The molecular formula is C14H14F2N2O3. The van der Waals surface area contributed by atoms with E-state index in [0.29, 0.717) is 11.3 Å². The van der Waals surface area contributed by atoms with Crippen LogP contribution in [0.2, 0.25) is 0 Å².